The van der Waals surface area contributed by atoms with Crippen LogP contribution in [0.1, 0.15) is 24.8 Å². The molecule has 17 heavy (non-hydrogen) atoms. The van der Waals surface area contributed by atoms with Gasteiger partial charge in [-0.15, -0.1) is 0 Å². The average Bonchev–Trinajstić information content (AvgIpc) is 2.28. The number of ether oxygens (including phenoxy) is 1. The fourth-order valence-electron chi connectivity index (χ4n) is 1.34. The number of rotatable bonds is 6. The van der Waals surface area contributed by atoms with E-state index < -0.39 is 11.7 Å². The molecule has 1 rings (SSSR count). The maximum atomic E-state index is 12.4. The van der Waals surface area contributed by atoms with Gasteiger partial charge in [0.15, 0.2) is 0 Å². The molecule has 0 bridgehead atoms. The molecule has 1 aromatic rings. The fraction of sp³-hybridized carbons (Fsp3) is 0.500. The molecule has 1 aromatic carbocycles. The summed E-state index contributed by atoms with van der Waals surface area (Å²) in [6.07, 6.45) is -1.51. The largest absolute Gasteiger partial charge is 0.494 e. The molecular weight excluding hydrogens is 249 g/mol. The molecular formula is C12H15F3OS. The third-order valence-corrected chi connectivity index (χ3v) is 2.55. The van der Waals surface area contributed by atoms with E-state index in [9.17, 15) is 13.2 Å². The number of halogens is 3. The van der Waals surface area contributed by atoms with E-state index in [2.05, 4.69) is 12.6 Å². The van der Waals surface area contributed by atoms with Gasteiger partial charge < -0.3 is 4.74 Å². The van der Waals surface area contributed by atoms with Crippen molar-refractivity contribution in [3.05, 3.63) is 29.8 Å². The minimum Gasteiger partial charge on any atom is -0.494 e. The van der Waals surface area contributed by atoms with Crippen LogP contribution < -0.4 is 4.74 Å². The molecule has 0 aromatic heterocycles. The monoisotopic (exact) mass is 264 g/mol. The van der Waals surface area contributed by atoms with Gasteiger partial charge in [0, 0.05) is 0 Å². The van der Waals surface area contributed by atoms with Crippen LogP contribution in [-0.2, 0) is 6.18 Å². The topological polar surface area (TPSA) is 9.23 Å². The van der Waals surface area contributed by atoms with Crippen molar-refractivity contribution in [2.75, 3.05) is 12.4 Å². The molecule has 0 atom stereocenters. The van der Waals surface area contributed by atoms with Crippen molar-refractivity contribution in [1.29, 1.82) is 0 Å². The SMILES string of the molecule is FC(F)(F)c1cccc(OCCCCCS)c1. The van der Waals surface area contributed by atoms with Crippen molar-refractivity contribution in [3.63, 3.8) is 0 Å². The van der Waals surface area contributed by atoms with Crippen molar-refractivity contribution in [2.45, 2.75) is 25.4 Å². The average molecular weight is 264 g/mol. The maximum absolute atomic E-state index is 12.4. The first-order chi connectivity index (χ1) is 8.04. The molecule has 0 unspecified atom stereocenters. The Bertz CT molecular complexity index is 339. The Morgan fingerprint density at radius 2 is 1.88 bits per heavy atom. The molecule has 5 heteroatoms. The van der Waals surface area contributed by atoms with Gasteiger partial charge in [0.25, 0.3) is 0 Å². The maximum Gasteiger partial charge on any atom is 0.416 e. The summed E-state index contributed by atoms with van der Waals surface area (Å²) < 4.78 is 42.4. The summed E-state index contributed by atoms with van der Waals surface area (Å²) in [4.78, 5) is 0. The third-order valence-electron chi connectivity index (χ3n) is 2.23. The highest BCUT2D eigenvalue weighted by Crippen LogP contribution is 2.31. The molecule has 0 amide bonds. The lowest BCUT2D eigenvalue weighted by Gasteiger charge is -2.10. The number of hydrogen-bond acceptors (Lipinski definition) is 2. The van der Waals surface area contributed by atoms with Crippen LogP contribution >= 0.6 is 12.6 Å². The molecule has 0 saturated heterocycles. The van der Waals surface area contributed by atoms with Gasteiger partial charge in [-0.25, -0.2) is 0 Å². The summed E-state index contributed by atoms with van der Waals surface area (Å²) in [7, 11) is 0. The van der Waals surface area contributed by atoms with Gasteiger partial charge in [0.1, 0.15) is 5.75 Å². The quantitative estimate of drug-likeness (QED) is 0.599. The molecule has 0 aliphatic carbocycles. The Morgan fingerprint density at radius 3 is 2.53 bits per heavy atom. The molecule has 0 fully saturated rings. The van der Waals surface area contributed by atoms with E-state index in [1.165, 1.54) is 12.1 Å². The van der Waals surface area contributed by atoms with E-state index in [0.29, 0.717) is 6.61 Å². The molecule has 96 valence electrons. The highest BCUT2D eigenvalue weighted by molar-refractivity contribution is 7.80. The van der Waals surface area contributed by atoms with E-state index in [1.807, 2.05) is 0 Å². The standard InChI is InChI=1S/C12H15F3OS/c13-12(14,15)10-5-4-6-11(9-10)16-7-2-1-3-8-17/h4-6,9,17H,1-3,7-8H2. The second-order valence-electron chi connectivity index (χ2n) is 3.66. The summed E-state index contributed by atoms with van der Waals surface area (Å²) in [5, 5.41) is 0. The van der Waals surface area contributed by atoms with Crippen LogP contribution in [-0.4, -0.2) is 12.4 Å². The van der Waals surface area contributed by atoms with Crippen molar-refractivity contribution in [2.24, 2.45) is 0 Å². The Balaban J connectivity index is 2.44. The van der Waals surface area contributed by atoms with E-state index in [1.54, 1.807) is 0 Å². The van der Waals surface area contributed by atoms with Crippen molar-refractivity contribution in [1.82, 2.24) is 0 Å². The van der Waals surface area contributed by atoms with Gasteiger partial charge in [0.05, 0.1) is 12.2 Å². The second kappa shape index (κ2) is 6.79. The predicted octanol–water partition coefficient (Wildman–Crippen LogP) is 4.18. The molecule has 0 spiro atoms. The summed E-state index contributed by atoms with van der Waals surface area (Å²) in [6, 6.07) is 4.95. The Morgan fingerprint density at radius 1 is 1.12 bits per heavy atom. The molecule has 0 saturated carbocycles. The molecule has 1 nitrogen and oxygen atoms in total. The first-order valence-electron chi connectivity index (χ1n) is 5.45. The highest BCUT2D eigenvalue weighted by Gasteiger charge is 2.30. The summed E-state index contributed by atoms with van der Waals surface area (Å²) in [5.74, 6) is 1.09. The Labute approximate surface area is 104 Å². The lowest BCUT2D eigenvalue weighted by molar-refractivity contribution is -0.137. The molecule has 0 heterocycles. The van der Waals surface area contributed by atoms with Crippen molar-refractivity contribution < 1.29 is 17.9 Å². The van der Waals surface area contributed by atoms with Crippen LogP contribution in [0.25, 0.3) is 0 Å². The van der Waals surface area contributed by atoms with Gasteiger partial charge in [-0.05, 0) is 43.2 Å². The molecule has 0 radical (unpaired) electrons. The lowest BCUT2D eigenvalue weighted by Crippen LogP contribution is -2.05. The van der Waals surface area contributed by atoms with Crippen LogP contribution in [0.2, 0.25) is 0 Å². The van der Waals surface area contributed by atoms with Crippen LogP contribution in [0.3, 0.4) is 0 Å². The van der Waals surface area contributed by atoms with E-state index in [0.717, 1.165) is 37.1 Å². The van der Waals surface area contributed by atoms with Crippen LogP contribution in [0, 0.1) is 0 Å². The molecule has 0 N–H and O–H groups in total. The normalized spacial score (nSPS) is 11.5. The van der Waals surface area contributed by atoms with Gasteiger partial charge in [-0.1, -0.05) is 6.07 Å². The Kier molecular flexibility index (Phi) is 5.68. The van der Waals surface area contributed by atoms with Gasteiger partial charge >= 0.3 is 6.18 Å². The van der Waals surface area contributed by atoms with Crippen LogP contribution in [0.5, 0.6) is 5.75 Å². The molecule has 0 aliphatic heterocycles. The second-order valence-corrected chi connectivity index (χ2v) is 4.11. The zero-order chi connectivity index (χ0) is 12.7. The summed E-state index contributed by atoms with van der Waals surface area (Å²) in [6.45, 7) is 0.440. The first kappa shape index (κ1) is 14.2. The summed E-state index contributed by atoms with van der Waals surface area (Å²) in [5.41, 5.74) is -0.676. The number of unbranched alkanes of at least 4 members (excludes halogenated alkanes) is 2. The van der Waals surface area contributed by atoms with Gasteiger partial charge in [-0.3, -0.25) is 0 Å². The third kappa shape index (κ3) is 5.35. The number of hydrogen-bond donors (Lipinski definition) is 1. The van der Waals surface area contributed by atoms with E-state index >= 15 is 0 Å². The smallest absolute Gasteiger partial charge is 0.416 e. The lowest BCUT2D eigenvalue weighted by atomic mass is 10.2. The van der Waals surface area contributed by atoms with Crippen LogP contribution in [0.4, 0.5) is 13.2 Å². The fourth-order valence-corrected chi connectivity index (χ4v) is 1.57. The van der Waals surface area contributed by atoms with Crippen molar-refractivity contribution in [3.8, 4) is 5.75 Å². The predicted molar refractivity (Wildman–Crippen MR) is 64.6 cm³/mol. The number of benzene rings is 1. The van der Waals surface area contributed by atoms with Crippen molar-refractivity contribution >= 4 is 12.6 Å². The minimum atomic E-state index is -4.31. The molecule has 0 aliphatic rings. The van der Waals surface area contributed by atoms with E-state index in [4.69, 9.17) is 4.74 Å². The van der Waals surface area contributed by atoms with E-state index in [-0.39, 0.29) is 5.75 Å². The minimum absolute atomic E-state index is 0.269. The number of thiol groups is 1. The zero-order valence-electron chi connectivity index (χ0n) is 9.33. The van der Waals surface area contributed by atoms with Gasteiger partial charge in [-0.2, -0.15) is 25.8 Å². The summed E-state index contributed by atoms with van der Waals surface area (Å²) >= 11 is 4.07. The highest BCUT2D eigenvalue weighted by atomic mass is 32.1. The zero-order valence-corrected chi connectivity index (χ0v) is 10.2. The van der Waals surface area contributed by atoms with Gasteiger partial charge in [0.2, 0.25) is 0 Å². The Hall–Kier alpha value is -0.840. The number of alkyl halides is 3. The van der Waals surface area contributed by atoms with Crippen LogP contribution in [0.15, 0.2) is 24.3 Å². The first-order valence-corrected chi connectivity index (χ1v) is 6.08.